The first kappa shape index (κ1) is 32.7. The maximum Gasteiger partial charge on any atom is 0.308 e. The monoisotopic (exact) mass is 599 g/mol. The highest BCUT2D eigenvalue weighted by Gasteiger charge is 2.47. The summed E-state index contributed by atoms with van der Waals surface area (Å²) in [6.07, 6.45) is 7.35. The molecule has 1 N–H and O–H groups in total. The summed E-state index contributed by atoms with van der Waals surface area (Å²) in [6, 6.07) is 7.53. The van der Waals surface area contributed by atoms with E-state index in [0.717, 1.165) is 67.5 Å². The Balaban J connectivity index is 1.59. The molecule has 0 aliphatic carbocycles. The zero-order valence-corrected chi connectivity index (χ0v) is 26.9. The van der Waals surface area contributed by atoms with Crippen molar-refractivity contribution in [1.82, 2.24) is 14.4 Å². The number of carboxylic acid groups (broad SMARTS) is 1. The van der Waals surface area contributed by atoms with Crippen molar-refractivity contribution in [1.29, 1.82) is 0 Å². The van der Waals surface area contributed by atoms with Crippen molar-refractivity contribution >= 4 is 11.9 Å². The van der Waals surface area contributed by atoms with Crippen molar-refractivity contribution in [2.45, 2.75) is 57.4 Å². The average Bonchev–Trinajstić information content (AvgIpc) is 3.68. The van der Waals surface area contributed by atoms with E-state index in [1.807, 2.05) is 36.3 Å². The minimum atomic E-state index is -0.850. The second-order valence-corrected chi connectivity index (χ2v) is 13.0. The smallest absolute Gasteiger partial charge is 0.308 e. The van der Waals surface area contributed by atoms with Crippen molar-refractivity contribution in [3.8, 4) is 17.2 Å². The number of aromatic nitrogens is 1. The van der Waals surface area contributed by atoms with Crippen LogP contribution in [0.3, 0.4) is 0 Å². The Hall–Kier alpha value is -3.24. The van der Waals surface area contributed by atoms with E-state index in [-0.39, 0.29) is 31.2 Å². The largest absolute Gasteiger partial charge is 0.493 e. The van der Waals surface area contributed by atoms with Crippen LogP contribution >= 0.6 is 0 Å². The van der Waals surface area contributed by atoms with E-state index in [0.29, 0.717) is 30.2 Å². The molecule has 3 heterocycles. The third kappa shape index (κ3) is 8.23. The van der Waals surface area contributed by atoms with Crippen LogP contribution in [0.1, 0.15) is 56.2 Å². The molecule has 1 aromatic carbocycles. The number of aryl methyl sites for hydroxylation is 2. The number of amides is 1. The van der Waals surface area contributed by atoms with E-state index in [2.05, 4.69) is 43.6 Å². The van der Waals surface area contributed by atoms with Crippen molar-refractivity contribution in [3.63, 3.8) is 0 Å². The van der Waals surface area contributed by atoms with Crippen LogP contribution in [0.4, 0.5) is 0 Å². The fourth-order valence-electron chi connectivity index (χ4n) is 6.48. The number of ether oxygens (including phenoxy) is 3. The number of quaternary nitrogens is 1. The number of likely N-dealkylation sites (tertiary alicyclic amines) is 1. The summed E-state index contributed by atoms with van der Waals surface area (Å²) in [5.74, 6) is -0.156. The lowest BCUT2D eigenvalue weighted by Gasteiger charge is -2.30. The van der Waals surface area contributed by atoms with Gasteiger partial charge in [0.05, 0.1) is 47.3 Å². The van der Waals surface area contributed by atoms with Gasteiger partial charge in [0.25, 0.3) is 0 Å². The van der Waals surface area contributed by atoms with Crippen LogP contribution in [-0.4, -0.2) is 110 Å². The Morgan fingerprint density at radius 1 is 1.14 bits per heavy atom. The van der Waals surface area contributed by atoms with Gasteiger partial charge in [-0.3, -0.25) is 14.5 Å². The summed E-state index contributed by atoms with van der Waals surface area (Å²) < 4.78 is 19.8. The Bertz CT molecular complexity index is 1240. The Morgan fingerprint density at radius 2 is 1.91 bits per heavy atom. The molecule has 10 nitrogen and oxygen atoms in total. The van der Waals surface area contributed by atoms with Gasteiger partial charge in [0.1, 0.15) is 0 Å². The molecule has 238 valence electrons. The minimum absolute atomic E-state index is 0.0793. The first-order chi connectivity index (χ1) is 20.5. The molecular formula is C33H51N4O6+. The maximum atomic E-state index is 13.9. The van der Waals surface area contributed by atoms with Crippen molar-refractivity contribution < 1.29 is 33.4 Å². The number of methoxy groups -OCH3 is 1. The fraction of sp³-hybridized carbons (Fsp3) is 0.636. The van der Waals surface area contributed by atoms with Gasteiger partial charge in [-0.1, -0.05) is 13.3 Å². The van der Waals surface area contributed by atoms with Crippen molar-refractivity contribution in [2.75, 3.05) is 67.8 Å². The SMILES string of the molecule is CCCCN(CCCC[N+](C)(C)C)C(=O)CN1C[C@H](c2cc(OC)c3c(c2)OCO3)C(C(=O)O)[C@@H]1CCc1cccn1C. The number of hydrogen-bond donors (Lipinski definition) is 1. The number of unbranched alkanes of at least 4 members (excludes halogenated alkanes) is 2. The summed E-state index contributed by atoms with van der Waals surface area (Å²) in [7, 11) is 10.1. The van der Waals surface area contributed by atoms with Crippen molar-refractivity contribution in [3.05, 3.63) is 41.7 Å². The number of benzene rings is 1. The van der Waals surface area contributed by atoms with Crippen LogP contribution in [0.25, 0.3) is 0 Å². The third-order valence-electron chi connectivity index (χ3n) is 8.87. The number of carbonyl (C=O) groups excluding carboxylic acids is 1. The molecule has 2 aliphatic heterocycles. The lowest BCUT2D eigenvalue weighted by Crippen LogP contribution is -2.45. The van der Waals surface area contributed by atoms with Crippen LogP contribution in [0.2, 0.25) is 0 Å². The van der Waals surface area contributed by atoms with E-state index >= 15 is 0 Å². The molecule has 0 radical (unpaired) electrons. The van der Waals surface area contributed by atoms with Crippen LogP contribution in [0.15, 0.2) is 30.5 Å². The molecule has 0 saturated carbocycles. The Morgan fingerprint density at radius 3 is 2.56 bits per heavy atom. The molecule has 1 unspecified atom stereocenters. The zero-order valence-electron chi connectivity index (χ0n) is 26.9. The number of nitrogens with zero attached hydrogens (tertiary/aromatic N) is 4. The van der Waals surface area contributed by atoms with Gasteiger partial charge in [0.15, 0.2) is 11.5 Å². The normalized spacial score (nSPS) is 20.0. The van der Waals surface area contributed by atoms with Gasteiger partial charge in [-0.15, -0.1) is 0 Å². The highest BCUT2D eigenvalue weighted by atomic mass is 16.7. The lowest BCUT2D eigenvalue weighted by molar-refractivity contribution is -0.870. The number of rotatable bonds is 16. The van der Waals surface area contributed by atoms with Gasteiger partial charge in [0.2, 0.25) is 18.4 Å². The molecule has 1 aromatic heterocycles. The van der Waals surface area contributed by atoms with Crippen LogP contribution < -0.4 is 14.2 Å². The van der Waals surface area contributed by atoms with Gasteiger partial charge in [0, 0.05) is 50.5 Å². The summed E-state index contributed by atoms with van der Waals surface area (Å²) in [5.41, 5.74) is 1.97. The summed E-state index contributed by atoms with van der Waals surface area (Å²) >= 11 is 0. The number of carbonyl (C=O) groups is 2. The number of hydrogen-bond acceptors (Lipinski definition) is 6. The van der Waals surface area contributed by atoms with Crippen LogP contribution in [0, 0.1) is 5.92 Å². The second kappa shape index (κ2) is 14.5. The molecule has 2 aromatic rings. The highest BCUT2D eigenvalue weighted by molar-refractivity contribution is 5.79. The van der Waals surface area contributed by atoms with Gasteiger partial charge in [-0.25, -0.2) is 0 Å². The molecule has 2 aliphatic rings. The standard InChI is InChI=1S/C33H50N4O6/c1-7-8-16-35(17-9-10-18-37(3,4)5)30(38)22-36-21-26(24-19-28(41-6)32-29(20-24)42-23-43-32)31(33(39)40)27(36)14-13-25-12-11-15-34(25)2/h11-12,15,19-20,26-27,31H,7-10,13-14,16-18,21-23H2,1-6H3/p+1/t26-,27+,31?/m1/s1. The van der Waals surface area contributed by atoms with E-state index in [1.54, 1.807) is 7.11 Å². The second-order valence-electron chi connectivity index (χ2n) is 13.0. The molecule has 1 saturated heterocycles. The van der Waals surface area contributed by atoms with E-state index < -0.39 is 11.9 Å². The Labute approximate surface area is 256 Å². The third-order valence-corrected chi connectivity index (χ3v) is 8.87. The number of aliphatic carboxylic acids is 1. The van der Waals surface area contributed by atoms with Crippen molar-refractivity contribution in [2.24, 2.45) is 13.0 Å². The topological polar surface area (TPSA) is 93.5 Å². The van der Waals surface area contributed by atoms with Crippen LogP contribution in [0.5, 0.6) is 17.2 Å². The summed E-state index contributed by atoms with van der Waals surface area (Å²) in [6.45, 7) is 5.43. The van der Waals surface area contributed by atoms with Gasteiger partial charge in [-0.05, 0) is 61.9 Å². The molecule has 0 spiro atoms. The molecule has 4 rings (SSSR count). The van der Waals surface area contributed by atoms with Gasteiger partial charge >= 0.3 is 5.97 Å². The molecule has 10 heteroatoms. The quantitative estimate of drug-likeness (QED) is 0.231. The number of fused-ring (bicyclic) bond motifs is 1. The summed E-state index contributed by atoms with van der Waals surface area (Å²) in [4.78, 5) is 31.0. The van der Waals surface area contributed by atoms with E-state index in [1.165, 1.54) is 0 Å². The molecule has 1 fully saturated rings. The first-order valence-corrected chi connectivity index (χ1v) is 15.6. The molecule has 3 atom stereocenters. The van der Waals surface area contributed by atoms with E-state index in [4.69, 9.17) is 14.2 Å². The minimum Gasteiger partial charge on any atom is -0.493 e. The van der Waals surface area contributed by atoms with Gasteiger partial charge in [-0.2, -0.15) is 0 Å². The average molecular weight is 600 g/mol. The highest BCUT2D eigenvalue weighted by Crippen LogP contribution is 2.47. The van der Waals surface area contributed by atoms with Gasteiger partial charge < -0.3 is 33.3 Å². The lowest BCUT2D eigenvalue weighted by atomic mass is 9.83. The molecule has 43 heavy (non-hydrogen) atoms. The Kier molecular flexibility index (Phi) is 11.0. The van der Waals surface area contributed by atoms with E-state index in [9.17, 15) is 14.7 Å². The van der Waals surface area contributed by atoms with Crippen LogP contribution in [-0.2, 0) is 23.1 Å². The predicted molar refractivity (Wildman–Crippen MR) is 166 cm³/mol. The molecule has 0 bridgehead atoms. The first-order valence-electron chi connectivity index (χ1n) is 15.6. The molecular weight excluding hydrogens is 548 g/mol. The fourth-order valence-corrected chi connectivity index (χ4v) is 6.48. The maximum absolute atomic E-state index is 13.9. The predicted octanol–water partition coefficient (Wildman–Crippen LogP) is 3.98. The zero-order chi connectivity index (χ0) is 31.1. The number of carboxylic acids is 1. The summed E-state index contributed by atoms with van der Waals surface area (Å²) in [5, 5.41) is 10.6. The molecule has 1 amide bonds.